The molecule has 1 heterocycles. The van der Waals surface area contributed by atoms with Crippen LogP contribution in [0.1, 0.15) is 5.56 Å². The molecule has 1 nitrogen and oxygen atoms in total. The smallest absolute Gasteiger partial charge is 0.0454 e. The second kappa shape index (κ2) is 3.74. The first-order valence-corrected chi connectivity index (χ1v) is 6.82. The van der Waals surface area contributed by atoms with Gasteiger partial charge in [0.25, 0.3) is 0 Å². The molecular weight excluding hydrogens is 361 g/mol. The van der Waals surface area contributed by atoms with E-state index in [-0.39, 0.29) is 0 Å². The van der Waals surface area contributed by atoms with E-state index in [4.69, 9.17) is 5.73 Å². The molecule has 68 valence electrons. The zero-order chi connectivity index (χ0) is 9.42. The third kappa shape index (κ3) is 1.59. The molecule has 0 saturated carbocycles. The Morgan fingerprint density at radius 3 is 3.00 bits per heavy atom. The Hall–Kier alpha value is 0.190. The summed E-state index contributed by atoms with van der Waals surface area (Å²) in [7, 11) is 0. The molecular formula is C9H7BrINS. The van der Waals surface area contributed by atoms with Crippen LogP contribution in [0.4, 0.5) is 5.69 Å². The van der Waals surface area contributed by atoms with Gasteiger partial charge in [-0.05, 0) is 45.7 Å². The van der Waals surface area contributed by atoms with E-state index in [9.17, 15) is 0 Å². The van der Waals surface area contributed by atoms with Crippen LogP contribution in [-0.2, 0) is 5.33 Å². The number of hydrogen-bond donors (Lipinski definition) is 1. The fourth-order valence-corrected chi connectivity index (χ4v) is 4.26. The van der Waals surface area contributed by atoms with Crippen molar-refractivity contribution in [3.05, 3.63) is 26.6 Å². The fraction of sp³-hybridized carbons (Fsp3) is 0.111. The van der Waals surface area contributed by atoms with Gasteiger partial charge in [0.05, 0.1) is 0 Å². The lowest BCUT2D eigenvalue weighted by atomic mass is 10.1. The van der Waals surface area contributed by atoms with Crippen molar-refractivity contribution in [2.75, 3.05) is 5.73 Å². The third-order valence-electron chi connectivity index (χ3n) is 1.99. The Morgan fingerprint density at radius 2 is 2.31 bits per heavy atom. The van der Waals surface area contributed by atoms with Gasteiger partial charge in [0.1, 0.15) is 0 Å². The fourth-order valence-electron chi connectivity index (χ4n) is 1.28. The van der Waals surface area contributed by atoms with Crippen molar-refractivity contribution in [2.45, 2.75) is 5.33 Å². The summed E-state index contributed by atoms with van der Waals surface area (Å²) in [6, 6.07) is 4.27. The normalized spacial score (nSPS) is 10.9. The summed E-state index contributed by atoms with van der Waals surface area (Å²) in [4.78, 5) is 0. The van der Waals surface area contributed by atoms with E-state index in [2.05, 4.69) is 56.0 Å². The predicted octanol–water partition coefficient (Wildman–Crippen LogP) is 3.98. The molecule has 2 aromatic rings. The number of halogens is 2. The molecule has 0 aliphatic rings. The molecule has 2 rings (SSSR count). The summed E-state index contributed by atoms with van der Waals surface area (Å²) in [6.07, 6.45) is 0. The largest absolute Gasteiger partial charge is 0.398 e. The Labute approximate surface area is 103 Å². The van der Waals surface area contributed by atoms with Crippen LogP contribution in [-0.4, -0.2) is 0 Å². The van der Waals surface area contributed by atoms with Gasteiger partial charge in [0.2, 0.25) is 0 Å². The van der Waals surface area contributed by atoms with Gasteiger partial charge in [-0.15, -0.1) is 11.3 Å². The molecule has 0 fully saturated rings. The number of rotatable bonds is 1. The first kappa shape index (κ1) is 9.73. The lowest BCUT2D eigenvalue weighted by Crippen LogP contribution is -1.94. The Bertz CT molecular complexity index is 452. The zero-order valence-electron chi connectivity index (χ0n) is 6.68. The average molecular weight is 368 g/mol. The van der Waals surface area contributed by atoms with Crippen molar-refractivity contribution in [3.8, 4) is 0 Å². The van der Waals surface area contributed by atoms with E-state index >= 15 is 0 Å². The molecule has 0 atom stereocenters. The number of anilines is 1. The Balaban J connectivity index is 2.85. The maximum atomic E-state index is 6.05. The number of hydrogen-bond acceptors (Lipinski definition) is 2. The lowest BCUT2D eigenvalue weighted by molar-refractivity contribution is 1.43. The average Bonchev–Trinajstić information content (AvgIpc) is 2.53. The molecule has 0 aliphatic carbocycles. The second-order valence-electron chi connectivity index (χ2n) is 2.72. The van der Waals surface area contributed by atoms with Gasteiger partial charge in [-0.25, -0.2) is 0 Å². The molecule has 1 aromatic heterocycles. The highest BCUT2D eigenvalue weighted by Crippen LogP contribution is 2.33. The molecule has 0 bridgehead atoms. The topological polar surface area (TPSA) is 26.0 Å². The van der Waals surface area contributed by atoms with Crippen LogP contribution in [0.3, 0.4) is 0 Å². The SMILES string of the molecule is Nc1c(CBr)c(I)cc2sccc12. The van der Waals surface area contributed by atoms with Crippen molar-refractivity contribution < 1.29 is 0 Å². The maximum absolute atomic E-state index is 6.05. The summed E-state index contributed by atoms with van der Waals surface area (Å²) in [5.41, 5.74) is 8.16. The number of nitrogens with two attached hydrogens (primary N) is 1. The minimum atomic E-state index is 0.822. The monoisotopic (exact) mass is 367 g/mol. The zero-order valence-corrected chi connectivity index (χ0v) is 11.2. The van der Waals surface area contributed by atoms with E-state index in [1.54, 1.807) is 11.3 Å². The van der Waals surface area contributed by atoms with Gasteiger partial charge >= 0.3 is 0 Å². The summed E-state index contributed by atoms with van der Waals surface area (Å²) < 4.78 is 2.51. The minimum absolute atomic E-state index is 0.822. The van der Waals surface area contributed by atoms with Crippen molar-refractivity contribution in [1.29, 1.82) is 0 Å². The van der Waals surface area contributed by atoms with Crippen LogP contribution >= 0.6 is 49.9 Å². The van der Waals surface area contributed by atoms with Crippen LogP contribution in [0.2, 0.25) is 0 Å². The highest BCUT2D eigenvalue weighted by molar-refractivity contribution is 14.1. The molecule has 4 heteroatoms. The highest BCUT2D eigenvalue weighted by atomic mass is 127. The standard InChI is InChI=1S/C9H7BrINS/c10-4-6-7(11)3-8-5(9(6)12)1-2-13-8/h1-3H,4,12H2. The van der Waals surface area contributed by atoms with Crippen molar-refractivity contribution >= 4 is 65.6 Å². The van der Waals surface area contributed by atoms with E-state index in [0.29, 0.717) is 0 Å². The van der Waals surface area contributed by atoms with Gasteiger partial charge in [-0.3, -0.25) is 0 Å². The van der Waals surface area contributed by atoms with Crippen LogP contribution < -0.4 is 5.73 Å². The predicted molar refractivity (Wildman–Crippen MR) is 71.6 cm³/mol. The summed E-state index contributed by atoms with van der Waals surface area (Å²) in [5, 5.41) is 4.08. The molecule has 13 heavy (non-hydrogen) atoms. The molecule has 0 saturated heterocycles. The van der Waals surface area contributed by atoms with E-state index in [1.807, 2.05) is 0 Å². The number of fused-ring (bicyclic) bond motifs is 1. The van der Waals surface area contributed by atoms with Gasteiger partial charge in [0.15, 0.2) is 0 Å². The van der Waals surface area contributed by atoms with Gasteiger partial charge < -0.3 is 5.73 Å². The van der Waals surface area contributed by atoms with Crippen LogP contribution in [0.25, 0.3) is 10.1 Å². The van der Waals surface area contributed by atoms with Gasteiger partial charge in [-0.1, -0.05) is 15.9 Å². The summed E-state index contributed by atoms with van der Waals surface area (Å²) >= 11 is 7.51. The molecule has 0 aliphatic heterocycles. The van der Waals surface area contributed by atoms with Crippen molar-refractivity contribution in [3.63, 3.8) is 0 Å². The van der Waals surface area contributed by atoms with Gasteiger partial charge in [0, 0.05) is 24.7 Å². The quantitative estimate of drug-likeness (QED) is 0.460. The minimum Gasteiger partial charge on any atom is -0.398 e. The molecule has 1 aromatic carbocycles. The first-order valence-electron chi connectivity index (χ1n) is 3.74. The molecule has 0 amide bonds. The number of alkyl halides is 1. The first-order chi connectivity index (χ1) is 6.24. The number of benzene rings is 1. The summed E-state index contributed by atoms with van der Waals surface area (Å²) in [5.74, 6) is 0. The number of thiophene rings is 1. The van der Waals surface area contributed by atoms with Crippen molar-refractivity contribution in [2.24, 2.45) is 0 Å². The molecule has 0 spiro atoms. The van der Waals surface area contributed by atoms with E-state index in [1.165, 1.54) is 19.2 Å². The van der Waals surface area contributed by atoms with Crippen molar-refractivity contribution in [1.82, 2.24) is 0 Å². The number of nitrogen functional groups attached to an aromatic ring is 1. The van der Waals surface area contributed by atoms with E-state index in [0.717, 1.165) is 11.0 Å². The molecule has 0 unspecified atom stereocenters. The molecule has 0 radical (unpaired) electrons. The Morgan fingerprint density at radius 1 is 1.54 bits per heavy atom. The maximum Gasteiger partial charge on any atom is 0.0454 e. The van der Waals surface area contributed by atoms with Crippen LogP contribution in [0.5, 0.6) is 0 Å². The van der Waals surface area contributed by atoms with Crippen LogP contribution in [0.15, 0.2) is 17.5 Å². The van der Waals surface area contributed by atoms with Crippen LogP contribution in [0, 0.1) is 3.57 Å². The third-order valence-corrected chi connectivity index (χ3v) is 4.38. The van der Waals surface area contributed by atoms with E-state index < -0.39 is 0 Å². The lowest BCUT2D eigenvalue weighted by Gasteiger charge is -2.06. The molecule has 2 N–H and O–H groups in total. The Kier molecular flexibility index (Phi) is 2.80. The van der Waals surface area contributed by atoms with Gasteiger partial charge in [-0.2, -0.15) is 0 Å². The second-order valence-corrected chi connectivity index (χ2v) is 5.39. The highest BCUT2D eigenvalue weighted by Gasteiger charge is 2.08. The summed E-state index contributed by atoms with van der Waals surface area (Å²) in [6.45, 7) is 0.